The molecule has 2 aromatic carbocycles. The number of hydrogen-bond acceptors (Lipinski definition) is 3. The Morgan fingerprint density at radius 1 is 1.24 bits per heavy atom. The monoisotopic (exact) mass is 297 g/mol. The highest BCUT2D eigenvalue weighted by Gasteiger charge is 2.08. The van der Waals surface area contributed by atoms with Gasteiger partial charge in [-0.1, -0.05) is 30.0 Å². The van der Waals surface area contributed by atoms with Crippen molar-refractivity contribution >= 4 is 23.4 Å². The zero-order valence-electron chi connectivity index (χ0n) is 11.6. The molecular formula is C17H15NO2S. The first-order valence-corrected chi connectivity index (χ1v) is 7.61. The van der Waals surface area contributed by atoms with Crippen molar-refractivity contribution in [3.63, 3.8) is 0 Å². The number of aliphatic hydroxyl groups is 1. The van der Waals surface area contributed by atoms with Gasteiger partial charge in [-0.05, 0) is 36.6 Å². The van der Waals surface area contributed by atoms with Crippen LogP contribution in [0.5, 0.6) is 0 Å². The number of para-hydroxylation sites is 1. The molecule has 21 heavy (non-hydrogen) atoms. The number of thioether (sulfide) groups is 1. The number of aliphatic hydroxyl groups excluding tert-OH is 1. The van der Waals surface area contributed by atoms with Gasteiger partial charge >= 0.3 is 0 Å². The Balaban J connectivity index is 2.20. The first-order chi connectivity index (χ1) is 10.2. The summed E-state index contributed by atoms with van der Waals surface area (Å²) in [4.78, 5) is 13.3. The van der Waals surface area contributed by atoms with Crippen molar-refractivity contribution in [3.05, 3.63) is 59.7 Å². The van der Waals surface area contributed by atoms with E-state index in [1.807, 2.05) is 30.5 Å². The van der Waals surface area contributed by atoms with E-state index in [1.54, 1.807) is 36.0 Å². The van der Waals surface area contributed by atoms with Crippen LogP contribution in [0.1, 0.15) is 15.9 Å². The lowest BCUT2D eigenvalue weighted by molar-refractivity contribution is 0.102. The summed E-state index contributed by atoms with van der Waals surface area (Å²) in [6.45, 7) is -0.197. The van der Waals surface area contributed by atoms with Gasteiger partial charge in [-0.25, -0.2) is 0 Å². The summed E-state index contributed by atoms with van der Waals surface area (Å²) in [7, 11) is 0. The van der Waals surface area contributed by atoms with Crippen LogP contribution in [0.3, 0.4) is 0 Å². The second-order valence-electron chi connectivity index (χ2n) is 4.20. The fourth-order valence-electron chi connectivity index (χ4n) is 1.82. The van der Waals surface area contributed by atoms with Crippen molar-refractivity contribution in [2.75, 3.05) is 18.2 Å². The number of rotatable bonds is 3. The molecule has 0 radical (unpaired) electrons. The minimum atomic E-state index is -0.197. The molecule has 0 heterocycles. The molecule has 2 aromatic rings. The number of hydrogen-bond donors (Lipinski definition) is 2. The molecule has 4 heteroatoms. The van der Waals surface area contributed by atoms with Crippen LogP contribution < -0.4 is 5.32 Å². The standard InChI is InChI=1S/C17H15NO2S/c1-21-16-10-3-2-9-15(16)18-17(20)14-8-4-6-13(12-14)7-5-11-19/h2-4,6,8-10,12,19H,11H2,1H3,(H,18,20). The van der Waals surface area contributed by atoms with E-state index in [4.69, 9.17) is 5.11 Å². The van der Waals surface area contributed by atoms with Gasteiger partial charge in [-0.15, -0.1) is 11.8 Å². The Hall–Kier alpha value is -2.22. The van der Waals surface area contributed by atoms with Gasteiger partial charge < -0.3 is 10.4 Å². The number of nitrogens with one attached hydrogen (secondary N) is 1. The third-order valence-electron chi connectivity index (χ3n) is 2.79. The van der Waals surface area contributed by atoms with Gasteiger partial charge in [0.15, 0.2) is 0 Å². The fourth-order valence-corrected chi connectivity index (χ4v) is 2.38. The largest absolute Gasteiger partial charge is 0.384 e. The molecule has 0 spiro atoms. The Labute approximate surface area is 128 Å². The molecule has 0 fully saturated rings. The highest BCUT2D eigenvalue weighted by Crippen LogP contribution is 2.25. The van der Waals surface area contributed by atoms with Crippen molar-refractivity contribution in [2.24, 2.45) is 0 Å². The fraction of sp³-hybridized carbons (Fsp3) is 0.118. The van der Waals surface area contributed by atoms with Crippen molar-refractivity contribution in [2.45, 2.75) is 4.90 Å². The molecular weight excluding hydrogens is 282 g/mol. The lowest BCUT2D eigenvalue weighted by Crippen LogP contribution is -2.12. The Morgan fingerprint density at radius 2 is 2.05 bits per heavy atom. The summed E-state index contributed by atoms with van der Waals surface area (Å²) in [5.41, 5.74) is 2.03. The van der Waals surface area contributed by atoms with Crippen molar-refractivity contribution in [3.8, 4) is 11.8 Å². The first kappa shape index (κ1) is 15.2. The highest BCUT2D eigenvalue weighted by atomic mass is 32.2. The Kier molecular flexibility index (Phi) is 5.44. The average Bonchev–Trinajstić information content (AvgIpc) is 2.53. The summed E-state index contributed by atoms with van der Waals surface area (Å²) in [5, 5.41) is 11.6. The molecule has 2 rings (SSSR count). The summed E-state index contributed by atoms with van der Waals surface area (Å²) in [6, 6.07) is 14.7. The van der Waals surface area contributed by atoms with Gasteiger partial charge in [0.25, 0.3) is 5.91 Å². The van der Waals surface area contributed by atoms with E-state index in [0.717, 1.165) is 10.6 Å². The number of amides is 1. The van der Waals surface area contributed by atoms with Gasteiger partial charge in [-0.3, -0.25) is 4.79 Å². The molecule has 3 nitrogen and oxygen atoms in total. The van der Waals surface area contributed by atoms with Gasteiger partial charge in [0, 0.05) is 16.0 Å². The molecule has 0 unspecified atom stereocenters. The minimum Gasteiger partial charge on any atom is -0.384 e. The van der Waals surface area contributed by atoms with E-state index < -0.39 is 0 Å². The summed E-state index contributed by atoms with van der Waals surface area (Å²) in [6.07, 6.45) is 1.97. The van der Waals surface area contributed by atoms with E-state index in [1.165, 1.54) is 0 Å². The van der Waals surface area contributed by atoms with Gasteiger partial charge in [-0.2, -0.15) is 0 Å². The quantitative estimate of drug-likeness (QED) is 0.676. The molecule has 2 N–H and O–H groups in total. The van der Waals surface area contributed by atoms with Crippen LogP contribution in [0.2, 0.25) is 0 Å². The van der Waals surface area contributed by atoms with Crippen molar-refractivity contribution in [1.82, 2.24) is 0 Å². The summed E-state index contributed by atoms with van der Waals surface area (Å²) in [5.74, 6) is 5.18. The lowest BCUT2D eigenvalue weighted by Gasteiger charge is -2.09. The highest BCUT2D eigenvalue weighted by molar-refractivity contribution is 7.98. The maximum absolute atomic E-state index is 12.3. The minimum absolute atomic E-state index is 0.177. The third-order valence-corrected chi connectivity index (χ3v) is 3.59. The molecule has 0 saturated heterocycles. The van der Waals surface area contributed by atoms with E-state index >= 15 is 0 Å². The van der Waals surface area contributed by atoms with Crippen LogP contribution in [0.15, 0.2) is 53.4 Å². The van der Waals surface area contributed by atoms with E-state index in [0.29, 0.717) is 11.1 Å². The van der Waals surface area contributed by atoms with Gasteiger partial charge in [0.2, 0.25) is 0 Å². The third kappa shape index (κ3) is 4.12. The summed E-state index contributed by atoms with van der Waals surface area (Å²) >= 11 is 1.58. The second kappa shape index (κ2) is 7.53. The van der Waals surface area contributed by atoms with Crippen LogP contribution >= 0.6 is 11.8 Å². The van der Waals surface area contributed by atoms with Gasteiger partial charge in [0.1, 0.15) is 6.61 Å². The van der Waals surface area contributed by atoms with E-state index in [2.05, 4.69) is 17.2 Å². The van der Waals surface area contributed by atoms with Crippen LogP contribution in [0, 0.1) is 11.8 Å². The molecule has 0 aromatic heterocycles. The predicted molar refractivity (Wildman–Crippen MR) is 86.6 cm³/mol. The molecule has 0 atom stereocenters. The first-order valence-electron chi connectivity index (χ1n) is 6.38. The Bertz CT molecular complexity index is 701. The number of anilines is 1. The molecule has 0 saturated carbocycles. The average molecular weight is 297 g/mol. The Morgan fingerprint density at radius 3 is 2.81 bits per heavy atom. The van der Waals surface area contributed by atoms with Crippen molar-refractivity contribution < 1.29 is 9.90 Å². The molecule has 1 amide bonds. The normalized spacial score (nSPS) is 9.62. The maximum Gasteiger partial charge on any atom is 0.255 e. The van der Waals surface area contributed by atoms with E-state index in [-0.39, 0.29) is 12.5 Å². The summed E-state index contributed by atoms with van der Waals surface area (Å²) < 4.78 is 0. The maximum atomic E-state index is 12.3. The van der Waals surface area contributed by atoms with Crippen LogP contribution in [-0.2, 0) is 0 Å². The lowest BCUT2D eigenvalue weighted by atomic mass is 10.1. The zero-order chi connectivity index (χ0) is 15.1. The number of carbonyl (C=O) groups excluding carboxylic acids is 1. The van der Waals surface area contributed by atoms with Gasteiger partial charge in [0.05, 0.1) is 5.69 Å². The molecule has 0 aliphatic rings. The van der Waals surface area contributed by atoms with Crippen LogP contribution in [-0.4, -0.2) is 23.9 Å². The number of benzene rings is 2. The van der Waals surface area contributed by atoms with Crippen LogP contribution in [0.25, 0.3) is 0 Å². The van der Waals surface area contributed by atoms with Crippen molar-refractivity contribution in [1.29, 1.82) is 0 Å². The predicted octanol–water partition coefficient (Wildman–Crippen LogP) is 3.00. The SMILES string of the molecule is CSc1ccccc1NC(=O)c1cccc(C#CCO)c1. The molecule has 106 valence electrons. The molecule has 0 aliphatic carbocycles. The topological polar surface area (TPSA) is 49.3 Å². The van der Waals surface area contributed by atoms with Crippen LogP contribution in [0.4, 0.5) is 5.69 Å². The van der Waals surface area contributed by atoms with E-state index in [9.17, 15) is 4.79 Å². The number of carbonyl (C=O) groups is 1. The second-order valence-corrected chi connectivity index (χ2v) is 5.04. The smallest absolute Gasteiger partial charge is 0.255 e. The molecule has 0 aliphatic heterocycles. The molecule has 0 bridgehead atoms. The zero-order valence-corrected chi connectivity index (χ0v) is 12.4.